The van der Waals surface area contributed by atoms with Crippen molar-refractivity contribution in [1.82, 2.24) is 9.80 Å². The van der Waals surface area contributed by atoms with Gasteiger partial charge < -0.3 is 4.90 Å². The molecule has 0 N–H and O–H groups in total. The van der Waals surface area contributed by atoms with Crippen LogP contribution in [0.2, 0.25) is 5.02 Å². The number of hydrogen-bond acceptors (Lipinski definition) is 4. The Hall–Kier alpha value is -2.44. The number of nitrogens with zero attached hydrogens (tertiary/aromatic N) is 3. The maximum atomic E-state index is 12.7. The van der Waals surface area contributed by atoms with Crippen molar-refractivity contribution in [2.45, 2.75) is 13.3 Å². The van der Waals surface area contributed by atoms with Gasteiger partial charge in [-0.3, -0.25) is 19.8 Å². The molecule has 3 rings (SSSR count). The molecule has 1 aliphatic heterocycles. The fraction of sp³-hybridized carbons (Fsp3) is 0.350. The van der Waals surface area contributed by atoms with E-state index in [-0.39, 0.29) is 11.6 Å². The van der Waals surface area contributed by atoms with E-state index >= 15 is 0 Å². The molecule has 0 saturated carbocycles. The van der Waals surface area contributed by atoms with Crippen LogP contribution >= 0.6 is 11.6 Å². The lowest BCUT2D eigenvalue weighted by molar-refractivity contribution is -0.385. The number of halogens is 1. The number of nitro benzene ring substituents is 1. The third-order valence-corrected chi connectivity index (χ3v) is 5.18. The van der Waals surface area contributed by atoms with Gasteiger partial charge in [-0.05, 0) is 43.2 Å². The minimum atomic E-state index is -0.428. The second-order valence-corrected chi connectivity index (χ2v) is 7.21. The summed E-state index contributed by atoms with van der Waals surface area (Å²) in [6.07, 6.45) is 0.951. The predicted molar refractivity (Wildman–Crippen MR) is 105 cm³/mol. The number of aryl methyl sites for hydroxylation is 1. The normalized spacial score (nSPS) is 15.0. The molecule has 0 atom stereocenters. The van der Waals surface area contributed by atoms with E-state index in [1.807, 2.05) is 29.2 Å². The molecule has 1 heterocycles. The predicted octanol–water partition coefficient (Wildman–Crippen LogP) is 3.56. The lowest BCUT2D eigenvalue weighted by Gasteiger charge is -2.34. The van der Waals surface area contributed by atoms with Gasteiger partial charge in [0.1, 0.15) is 0 Å². The molecule has 0 radical (unpaired) electrons. The van der Waals surface area contributed by atoms with Crippen molar-refractivity contribution in [2.24, 2.45) is 0 Å². The van der Waals surface area contributed by atoms with E-state index in [2.05, 4.69) is 4.90 Å². The minimum Gasteiger partial charge on any atom is -0.336 e. The van der Waals surface area contributed by atoms with E-state index in [1.165, 1.54) is 11.6 Å². The third-order valence-electron chi connectivity index (χ3n) is 4.93. The molecule has 7 heteroatoms. The summed E-state index contributed by atoms with van der Waals surface area (Å²) in [7, 11) is 0. The first-order valence-corrected chi connectivity index (χ1v) is 9.33. The highest BCUT2D eigenvalue weighted by Gasteiger charge is 2.23. The summed E-state index contributed by atoms with van der Waals surface area (Å²) in [6.45, 7) is 5.57. The molecule has 1 amide bonds. The van der Waals surface area contributed by atoms with Crippen LogP contribution in [0.25, 0.3) is 0 Å². The summed E-state index contributed by atoms with van der Waals surface area (Å²) in [6, 6.07) is 12.4. The zero-order valence-corrected chi connectivity index (χ0v) is 16.0. The molecule has 0 bridgehead atoms. The zero-order chi connectivity index (χ0) is 19.4. The number of amides is 1. The molecule has 2 aromatic carbocycles. The van der Waals surface area contributed by atoms with Crippen molar-refractivity contribution in [3.63, 3.8) is 0 Å². The van der Waals surface area contributed by atoms with Gasteiger partial charge in [-0.1, -0.05) is 23.7 Å². The van der Waals surface area contributed by atoms with Gasteiger partial charge in [-0.25, -0.2) is 0 Å². The highest BCUT2D eigenvalue weighted by atomic mass is 35.5. The molecule has 1 saturated heterocycles. The fourth-order valence-corrected chi connectivity index (χ4v) is 3.41. The smallest absolute Gasteiger partial charge is 0.272 e. The van der Waals surface area contributed by atoms with Crippen LogP contribution in [0.15, 0.2) is 42.5 Å². The molecular formula is C20H22ClN3O3. The Bertz CT molecular complexity index is 831. The van der Waals surface area contributed by atoms with E-state index in [0.717, 1.165) is 31.1 Å². The Morgan fingerprint density at radius 3 is 2.37 bits per heavy atom. The number of rotatable bonds is 5. The van der Waals surface area contributed by atoms with Gasteiger partial charge in [0, 0.05) is 54.9 Å². The van der Waals surface area contributed by atoms with Crippen LogP contribution in [0.5, 0.6) is 0 Å². The number of benzene rings is 2. The molecule has 0 aromatic heterocycles. The van der Waals surface area contributed by atoms with Crippen LogP contribution in [0.3, 0.4) is 0 Å². The van der Waals surface area contributed by atoms with Crippen molar-refractivity contribution in [1.29, 1.82) is 0 Å². The van der Waals surface area contributed by atoms with Crippen molar-refractivity contribution in [3.8, 4) is 0 Å². The number of carbonyl (C=O) groups excluding carboxylic acids is 1. The molecule has 1 aliphatic rings. The summed E-state index contributed by atoms with van der Waals surface area (Å²) >= 11 is 5.91. The lowest BCUT2D eigenvalue weighted by atomic mass is 10.1. The Kier molecular flexibility index (Phi) is 6.08. The van der Waals surface area contributed by atoms with Crippen molar-refractivity contribution >= 4 is 23.2 Å². The Balaban J connectivity index is 1.52. The molecular weight excluding hydrogens is 366 g/mol. The summed E-state index contributed by atoms with van der Waals surface area (Å²) in [5, 5.41) is 11.7. The van der Waals surface area contributed by atoms with Crippen LogP contribution in [-0.4, -0.2) is 53.4 Å². The molecule has 27 heavy (non-hydrogen) atoms. The van der Waals surface area contributed by atoms with Gasteiger partial charge in [0.15, 0.2) is 0 Å². The monoisotopic (exact) mass is 387 g/mol. The van der Waals surface area contributed by atoms with E-state index in [1.54, 1.807) is 19.1 Å². The topological polar surface area (TPSA) is 66.7 Å². The van der Waals surface area contributed by atoms with Gasteiger partial charge in [0.25, 0.3) is 11.6 Å². The SMILES string of the molecule is Cc1cc(C(=O)N2CCN(CCc3ccc(Cl)cc3)CC2)ccc1[N+](=O)[O-]. The minimum absolute atomic E-state index is 0.0403. The number of nitro groups is 1. The van der Waals surface area contributed by atoms with Gasteiger partial charge in [0.2, 0.25) is 0 Å². The van der Waals surface area contributed by atoms with Crippen LogP contribution in [0, 0.1) is 17.0 Å². The second-order valence-electron chi connectivity index (χ2n) is 6.77. The maximum Gasteiger partial charge on any atom is 0.272 e. The van der Waals surface area contributed by atoms with Gasteiger partial charge in [0.05, 0.1) is 4.92 Å². The van der Waals surface area contributed by atoms with E-state index in [0.29, 0.717) is 24.2 Å². The molecule has 142 valence electrons. The number of hydrogen-bond donors (Lipinski definition) is 0. The highest BCUT2D eigenvalue weighted by Crippen LogP contribution is 2.20. The maximum absolute atomic E-state index is 12.7. The largest absolute Gasteiger partial charge is 0.336 e. The summed E-state index contributed by atoms with van der Waals surface area (Å²) < 4.78 is 0. The Labute approximate surface area is 163 Å². The number of carbonyl (C=O) groups is 1. The molecule has 6 nitrogen and oxygen atoms in total. The molecule has 0 aliphatic carbocycles. The number of piperazine rings is 1. The highest BCUT2D eigenvalue weighted by molar-refractivity contribution is 6.30. The van der Waals surface area contributed by atoms with Gasteiger partial charge in [-0.15, -0.1) is 0 Å². The molecule has 1 fully saturated rings. The second kappa shape index (κ2) is 8.50. The summed E-state index contributed by atoms with van der Waals surface area (Å²) in [4.78, 5) is 27.3. The van der Waals surface area contributed by atoms with E-state index in [9.17, 15) is 14.9 Å². The first-order chi connectivity index (χ1) is 12.9. The van der Waals surface area contributed by atoms with E-state index in [4.69, 9.17) is 11.6 Å². The summed E-state index contributed by atoms with van der Waals surface area (Å²) in [5.41, 5.74) is 2.30. The van der Waals surface area contributed by atoms with E-state index < -0.39 is 4.92 Å². The Morgan fingerprint density at radius 2 is 1.78 bits per heavy atom. The van der Waals surface area contributed by atoms with Crippen LogP contribution < -0.4 is 0 Å². The Morgan fingerprint density at radius 1 is 1.11 bits per heavy atom. The molecule has 0 unspecified atom stereocenters. The zero-order valence-electron chi connectivity index (χ0n) is 15.2. The quantitative estimate of drug-likeness (QED) is 0.581. The van der Waals surface area contributed by atoms with Crippen molar-refractivity contribution < 1.29 is 9.72 Å². The molecule has 2 aromatic rings. The van der Waals surface area contributed by atoms with Crippen molar-refractivity contribution in [3.05, 3.63) is 74.3 Å². The first-order valence-electron chi connectivity index (χ1n) is 8.95. The first kappa shape index (κ1) is 19.3. The average molecular weight is 388 g/mol. The molecule has 0 spiro atoms. The average Bonchev–Trinajstić information content (AvgIpc) is 2.67. The lowest BCUT2D eigenvalue weighted by Crippen LogP contribution is -2.49. The fourth-order valence-electron chi connectivity index (χ4n) is 3.29. The van der Waals surface area contributed by atoms with Crippen LogP contribution in [-0.2, 0) is 6.42 Å². The van der Waals surface area contributed by atoms with Crippen LogP contribution in [0.4, 0.5) is 5.69 Å². The summed E-state index contributed by atoms with van der Waals surface area (Å²) in [5.74, 6) is -0.0645. The standard InChI is InChI=1S/C20H22ClN3O3/c1-15-14-17(4-7-19(15)24(26)27)20(25)23-12-10-22(11-13-23)9-8-16-2-5-18(21)6-3-16/h2-7,14H,8-13H2,1H3. The third kappa shape index (κ3) is 4.84. The van der Waals surface area contributed by atoms with Gasteiger partial charge >= 0.3 is 0 Å². The van der Waals surface area contributed by atoms with Crippen LogP contribution in [0.1, 0.15) is 21.5 Å². The van der Waals surface area contributed by atoms with Crippen molar-refractivity contribution in [2.75, 3.05) is 32.7 Å². The van der Waals surface area contributed by atoms with Gasteiger partial charge in [-0.2, -0.15) is 0 Å².